The molecule has 0 fully saturated rings. The number of nitrogens with one attached hydrogen (secondary N) is 2. The third-order valence-electron chi connectivity index (χ3n) is 4.23. The van der Waals surface area contributed by atoms with Gasteiger partial charge in [-0.25, -0.2) is 0 Å². The quantitative estimate of drug-likeness (QED) is 0.798. The van der Waals surface area contributed by atoms with Crippen LogP contribution in [0.15, 0.2) is 24.3 Å². The van der Waals surface area contributed by atoms with Crippen molar-refractivity contribution >= 4 is 11.7 Å². The van der Waals surface area contributed by atoms with E-state index >= 15 is 0 Å². The first-order valence-electron chi connectivity index (χ1n) is 8.39. The molecular formula is C18H24N4O2. The number of aromatic nitrogens is 2. The molecule has 1 amide bonds. The normalized spacial score (nSPS) is 13.4. The molecule has 0 spiro atoms. The molecule has 2 aromatic rings. The van der Waals surface area contributed by atoms with Crippen LogP contribution in [-0.2, 0) is 24.8 Å². The summed E-state index contributed by atoms with van der Waals surface area (Å²) in [6.45, 7) is 4.24. The van der Waals surface area contributed by atoms with Gasteiger partial charge in [0.2, 0.25) is 5.91 Å². The van der Waals surface area contributed by atoms with Gasteiger partial charge in [-0.05, 0) is 25.0 Å². The SMILES string of the molecule is Cc1ccccc1OCCCC(=O)Nc1c2c(nn1C)CCNC2. The van der Waals surface area contributed by atoms with Gasteiger partial charge in [0.15, 0.2) is 0 Å². The van der Waals surface area contributed by atoms with E-state index in [0.29, 0.717) is 19.4 Å². The van der Waals surface area contributed by atoms with Crippen molar-refractivity contribution in [3.63, 3.8) is 0 Å². The zero-order chi connectivity index (χ0) is 16.9. The van der Waals surface area contributed by atoms with Crippen LogP contribution in [0.2, 0.25) is 0 Å². The Morgan fingerprint density at radius 3 is 3.08 bits per heavy atom. The number of nitrogens with zero attached hydrogens (tertiary/aromatic N) is 2. The molecule has 0 aliphatic carbocycles. The minimum atomic E-state index is -0.000225. The third kappa shape index (κ3) is 3.76. The van der Waals surface area contributed by atoms with Crippen molar-refractivity contribution in [3.8, 4) is 5.75 Å². The maximum Gasteiger partial charge on any atom is 0.225 e. The highest BCUT2D eigenvalue weighted by atomic mass is 16.5. The summed E-state index contributed by atoms with van der Waals surface area (Å²) in [5.74, 6) is 1.69. The summed E-state index contributed by atoms with van der Waals surface area (Å²) in [4.78, 5) is 12.2. The number of ether oxygens (including phenoxy) is 1. The van der Waals surface area contributed by atoms with Crippen molar-refractivity contribution in [1.29, 1.82) is 0 Å². The highest BCUT2D eigenvalue weighted by molar-refractivity contribution is 5.90. The van der Waals surface area contributed by atoms with Crippen LogP contribution in [0.3, 0.4) is 0 Å². The first-order valence-corrected chi connectivity index (χ1v) is 8.39. The van der Waals surface area contributed by atoms with Gasteiger partial charge < -0.3 is 15.4 Å². The Balaban J connectivity index is 1.48. The lowest BCUT2D eigenvalue weighted by molar-refractivity contribution is -0.116. The highest BCUT2D eigenvalue weighted by Crippen LogP contribution is 2.22. The number of hydrogen-bond donors (Lipinski definition) is 2. The Morgan fingerprint density at radius 1 is 1.42 bits per heavy atom. The summed E-state index contributed by atoms with van der Waals surface area (Å²) < 4.78 is 7.49. The fourth-order valence-electron chi connectivity index (χ4n) is 2.91. The van der Waals surface area contributed by atoms with E-state index in [4.69, 9.17) is 4.74 Å². The van der Waals surface area contributed by atoms with Crippen LogP contribution in [0.5, 0.6) is 5.75 Å². The van der Waals surface area contributed by atoms with Gasteiger partial charge in [0.25, 0.3) is 0 Å². The van der Waals surface area contributed by atoms with E-state index in [-0.39, 0.29) is 5.91 Å². The van der Waals surface area contributed by atoms with Crippen LogP contribution in [0.25, 0.3) is 0 Å². The number of para-hydroxylation sites is 1. The van der Waals surface area contributed by atoms with E-state index in [1.165, 1.54) is 0 Å². The molecule has 1 aromatic heterocycles. The second-order valence-corrected chi connectivity index (χ2v) is 6.09. The van der Waals surface area contributed by atoms with Crippen molar-refractivity contribution < 1.29 is 9.53 Å². The van der Waals surface area contributed by atoms with Gasteiger partial charge in [0.05, 0.1) is 12.3 Å². The van der Waals surface area contributed by atoms with Crippen LogP contribution in [0, 0.1) is 6.92 Å². The van der Waals surface area contributed by atoms with Crippen LogP contribution in [0.4, 0.5) is 5.82 Å². The molecule has 2 heterocycles. The van der Waals surface area contributed by atoms with Gasteiger partial charge >= 0.3 is 0 Å². The van der Waals surface area contributed by atoms with E-state index in [9.17, 15) is 4.79 Å². The van der Waals surface area contributed by atoms with E-state index in [2.05, 4.69) is 15.7 Å². The van der Waals surface area contributed by atoms with Crippen molar-refractivity contribution in [2.45, 2.75) is 32.7 Å². The molecular weight excluding hydrogens is 304 g/mol. The zero-order valence-electron chi connectivity index (χ0n) is 14.3. The van der Waals surface area contributed by atoms with E-state index < -0.39 is 0 Å². The number of amides is 1. The fraction of sp³-hybridized carbons (Fsp3) is 0.444. The monoisotopic (exact) mass is 328 g/mol. The van der Waals surface area contributed by atoms with Gasteiger partial charge in [-0.1, -0.05) is 18.2 Å². The van der Waals surface area contributed by atoms with Crippen molar-refractivity contribution in [2.75, 3.05) is 18.5 Å². The summed E-state index contributed by atoms with van der Waals surface area (Å²) >= 11 is 0. The lowest BCUT2D eigenvalue weighted by Crippen LogP contribution is -2.24. The molecule has 0 saturated heterocycles. The van der Waals surface area contributed by atoms with Crippen molar-refractivity contribution in [3.05, 3.63) is 41.1 Å². The van der Waals surface area contributed by atoms with Crippen molar-refractivity contribution in [2.24, 2.45) is 7.05 Å². The maximum atomic E-state index is 12.2. The largest absolute Gasteiger partial charge is 0.493 e. The van der Waals surface area contributed by atoms with E-state index in [1.54, 1.807) is 4.68 Å². The molecule has 0 saturated carbocycles. The lowest BCUT2D eigenvalue weighted by atomic mass is 10.1. The van der Waals surface area contributed by atoms with E-state index in [1.807, 2.05) is 38.2 Å². The third-order valence-corrected chi connectivity index (χ3v) is 4.23. The number of fused-ring (bicyclic) bond motifs is 1. The molecule has 0 atom stereocenters. The predicted octanol–water partition coefficient (Wildman–Crippen LogP) is 2.17. The summed E-state index contributed by atoms with van der Waals surface area (Å²) in [5.41, 5.74) is 3.29. The first kappa shape index (κ1) is 16.5. The molecule has 1 aliphatic rings. The molecule has 2 N–H and O–H groups in total. The molecule has 0 unspecified atom stereocenters. The Hall–Kier alpha value is -2.34. The molecule has 3 rings (SSSR count). The van der Waals surface area contributed by atoms with Crippen LogP contribution < -0.4 is 15.4 Å². The Morgan fingerprint density at radius 2 is 2.25 bits per heavy atom. The zero-order valence-corrected chi connectivity index (χ0v) is 14.3. The van der Waals surface area contributed by atoms with Crippen LogP contribution in [0.1, 0.15) is 29.7 Å². The summed E-state index contributed by atoms with van der Waals surface area (Å²) in [6, 6.07) is 7.90. The predicted molar refractivity (Wildman–Crippen MR) is 93.2 cm³/mol. The fourth-order valence-corrected chi connectivity index (χ4v) is 2.91. The van der Waals surface area contributed by atoms with Crippen LogP contribution >= 0.6 is 0 Å². The number of benzene rings is 1. The Kier molecular flexibility index (Phi) is 5.15. The summed E-state index contributed by atoms with van der Waals surface area (Å²) in [6.07, 6.45) is 2.01. The van der Waals surface area contributed by atoms with Gasteiger partial charge in [0, 0.05) is 38.5 Å². The summed E-state index contributed by atoms with van der Waals surface area (Å²) in [7, 11) is 1.87. The Bertz CT molecular complexity index is 724. The number of carbonyl (C=O) groups excluding carboxylic acids is 1. The maximum absolute atomic E-state index is 12.2. The van der Waals surface area contributed by atoms with Gasteiger partial charge in [0.1, 0.15) is 11.6 Å². The standard InChI is InChI=1S/C18H24N4O2/c1-13-6-3-4-7-16(13)24-11-5-8-17(23)20-18-14-12-19-10-9-15(14)21-22(18)2/h3-4,6-7,19H,5,8-12H2,1-2H3,(H,20,23). The molecule has 0 radical (unpaired) electrons. The second kappa shape index (κ2) is 7.49. The Labute approximate surface area is 142 Å². The number of aryl methyl sites for hydroxylation is 2. The topological polar surface area (TPSA) is 68.2 Å². The number of carbonyl (C=O) groups is 1. The van der Waals surface area contributed by atoms with Gasteiger partial charge in [-0.3, -0.25) is 9.48 Å². The summed E-state index contributed by atoms with van der Waals surface area (Å²) in [5, 5.41) is 10.8. The minimum Gasteiger partial charge on any atom is -0.493 e. The second-order valence-electron chi connectivity index (χ2n) is 6.09. The van der Waals surface area contributed by atoms with Crippen molar-refractivity contribution in [1.82, 2.24) is 15.1 Å². The molecule has 6 nitrogen and oxygen atoms in total. The molecule has 1 aromatic carbocycles. The highest BCUT2D eigenvalue weighted by Gasteiger charge is 2.20. The lowest BCUT2D eigenvalue weighted by Gasteiger charge is -2.13. The number of anilines is 1. The van der Waals surface area contributed by atoms with E-state index in [0.717, 1.165) is 47.9 Å². The number of hydrogen-bond acceptors (Lipinski definition) is 4. The first-order chi connectivity index (χ1) is 11.6. The minimum absolute atomic E-state index is 0.000225. The molecule has 1 aliphatic heterocycles. The average molecular weight is 328 g/mol. The molecule has 128 valence electrons. The molecule has 0 bridgehead atoms. The smallest absolute Gasteiger partial charge is 0.225 e. The van der Waals surface area contributed by atoms with Gasteiger partial charge in [-0.2, -0.15) is 5.10 Å². The average Bonchev–Trinajstić information content (AvgIpc) is 2.89. The van der Waals surface area contributed by atoms with Crippen LogP contribution in [-0.4, -0.2) is 28.8 Å². The van der Waals surface area contributed by atoms with Gasteiger partial charge in [-0.15, -0.1) is 0 Å². The molecule has 6 heteroatoms. The number of rotatable bonds is 6. The molecule has 24 heavy (non-hydrogen) atoms.